The molecule has 2 rings (SSSR count). The van der Waals surface area contributed by atoms with E-state index in [2.05, 4.69) is 27.8 Å². The summed E-state index contributed by atoms with van der Waals surface area (Å²) in [6.45, 7) is 3.93. The highest BCUT2D eigenvalue weighted by Crippen LogP contribution is 2.23. The van der Waals surface area contributed by atoms with Gasteiger partial charge in [-0.05, 0) is 12.1 Å². The van der Waals surface area contributed by atoms with Crippen molar-refractivity contribution in [1.29, 1.82) is 0 Å². The lowest BCUT2D eigenvalue weighted by Gasteiger charge is -2.30. The number of nitrogens with one attached hydrogen (secondary N) is 4. The lowest BCUT2D eigenvalue weighted by Crippen LogP contribution is -2.56. The van der Waals surface area contributed by atoms with Crippen molar-refractivity contribution in [2.75, 3.05) is 24.7 Å². The van der Waals surface area contributed by atoms with Crippen molar-refractivity contribution in [1.82, 2.24) is 16.0 Å². The summed E-state index contributed by atoms with van der Waals surface area (Å²) in [6, 6.07) is 6.85. The van der Waals surface area contributed by atoms with E-state index < -0.39 is 5.50 Å². The van der Waals surface area contributed by atoms with Crippen LogP contribution in [-0.4, -0.2) is 48.7 Å². The van der Waals surface area contributed by atoms with E-state index in [1.807, 2.05) is 6.07 Å². The molecule has 1 saturated heterocycles. The number of ether oxygens (including phenoxy) is 1. The lowest BCUT2D eigenvalue weighted by atomic mass is 10.1. The normalized spacial score (nSPS) is 18.9. The molecule has 8 nitrogen and oxygen atoms in total. The Morgan fingerprint density at radius 1 is 1.37 bits per heavy atom. The SMILES string of the molecule is C=CCNC(=O)CC1CC(=O)NC(SCC(=O)Nc2ccccc2OC)N1. The Balaban J connectivity index is 1.81. The summed E-state index contributed by atoms with van der Waals surface area (Å²) >= 11 is 1.25. The zero-order valence-electron chi connectivity index (χ0n) is 15.1. The minimum atomic E-state index is -0.438. The van der Waals surface area contributed by atoms with Crippen LogP contribution in [0.1, 0.15) is 12.8 Å². The number of carbonyl (C=O) groups is 3. The Morgan fingerprint density at radius 3 is 2.89 bits per heavy atom. The van der Waals surface area contributed by atoms with Gasteiger partial charge in [-0.3, -0.25) is 19.7 Å². The molecular weight excluding hydrogens is 368 g/mol. The van der Waals surface area contributed by atoms with Crippen LogP contribution in [0, 0.1) is 0 Å². The molecule has 27 heavy (non-hydrogen) atoms. The first-order valence-electron chi connectivity index (χ1n) is 8.49. The van der Waals surface area contributed by atoms with Gasteiger partial charge in [0, 0.05) is 25.4 Å². The summed E-state index contributed by atoms with van der Waals surface area (Å²) in [4.78, 5) is 35.8. The average molecular weight is 392 g/mol. The average Bonchev–Trinajstić information content (AvgIpc) is 2.64. The first kappa shape index (κ1) is 20.8. The summed E-state index contributed by atoms with van der Waals surface area (Å²) < 4.78 is 5.20. The second kappa shape index (κ2) is 10.6. The first-order chi connectivity index (χ1) is 13.0. The molecule has 1 aliphatic heterocycles. The first-order valence-corrected chi connectivity index (χ1v) is 9.54. The van der Waals surface area contributed by atoms with E-state index in [-0.39, 0.29) is 42.4 Å². The third-order valence-corrected chi connectivity index (χ3v) is 4.76. The Hall–Kier alpha value is -2.52. The number of amides is 3. The fraction of sp³-hybridized carbons (Fsp3) is 0.389. The quantitative estimate of drug-likeness (QED) is 0.464. The number of anilines is 1. The predicted octanol–water partition coefficient (Wildman–Crippen LogP) is 0.821. The molecule has 0 radical (unpaired) electrons. The Morgan fingerprint density at radius 2 is 2.15 bits per heavy atom. The highest BCUT2D eigenvalue weighted by Gasteiger charge is 2.28. The maximum atomic E-state index is 12.2. The maximum Gasteiger partial charge on any atom is 0.234 e. The fourth-order valence-corrected chi connectivity index (χ4v) is 3.43. The minimum Gasteiger partial charge on any atom is -0.495 e. The van der Waals surface area contributed by atoms with Gasteiger partial charge in [0.1, 0.15) is 11.2 Å². The number of rotatable bonds is 9. The van der Waals surface area contributed by atoms with Gasteiger partial charge < -0.3 is 20.7 Å². The molecule has 3 amide bonds. The minimum absolute atomic E-state index is 0.130. The fourth-order valence-electron chi connectivity index (χ4n) is 2.54. The Labute approximate surface area is 162 Å². The molecule has 1 aliphatic rings. The van der Waals surface area contributed by atoms with E-state index in [1.54, 1.807) is 24.3 Å². The zero-order valence-corrected chi connectivity index (χ0v) is 15.9. The number of methoxy groups -OCH3 is 1. The summed E-state index contributed by atoms with van der Waals surface area (Å²) in [5, 5.41) is 11.4. The third kappa shape index (κ3) is 6.95. The highest BCUT2D eigenvalue weighted by atomic mass is 32.2. The van der Waals surface area contributed by atoms with Crippen LogP contribution in [0.25, 0.3) is 0 Å². The second-order valence-electron chi connectivity index (χ2n) is 5.87. The number of hydrogen-bond acceptors (Lipinski definition) is 6. The molecule has 0 spiro atoms. The molecule has 9 heteroatoms. The molecule has 1 heterocycles. The van der Waals surface area contributed by atoms with Crippen LogP contribution in [0.15, 0.2) is 36.9 Å². The van der Waals surface area contributed by atoms with Crippen molar-refractivity contribution >= 4 is 35.2 Å². The molecule has 0 bridgehead atoms. The van der Waals surface area contributed by atoms with Crippen molar-refractivity contribution in [3.63, 3.8) is 0 Å². The van der Waals surface area contributed by atoms with E-state index in [9.17, 15) is 14.4 Å². The summed E-state index contributed by atoms with van der Waals surface area (Å²) in [5.41, 5.74) is 0.148. The third-order valence-electron chi connectivity index (χ3n) is 3.75. The molecule has 146 valence electrons. The van der Waals surface area contributed by atoms with E-state index in [0.717, 1.165) is 0 Å². The van der Waals surface area contributed by atoms with Gasteiger partial charge in [0.15, 0.2) is 0 Å². The van der Waals surface area contributed by atoms with Gasteiger partial charge in [-0.2, -0.15) is 0 Å². The Kier molecular flexibility index (Phi) is 8.15. The van der Waals surface area contributed by atoms with Crippen LogP contribution in [0.5, 0.6) is 5.75 Å². The maximum absolute atomic E-state index is 12.2. The zero-order chi connectivity index (χ0) is 19.6. The molecule has 1 aromatic rings. The van der Waals surface area contributed by atoms with E-state index >= 15 is 0 Å². The molecule has 2 atom stereocenters. The van der Waals surface area contributed by atoms with E-state index in [4.69, 9.17) is 4.74 Å². The van der Waals surface area contributed by atoms with Gasteiger partial charge in [0.25, 0.3) is 0 Å². The molecule has 0 saturated carbocycles. The standard InChI is InChI=1S/C18H24N4O4S/c1-3-8-19-15(23)9-12-10-16(24)22-18(20-12)27-11-17(25)21-13-6-4-5-7-14(13)26-2/h3-7,12,18,20H,1,8-11H2,2H3,(H,19,23)(H,21,25)(H,22,24). The van der Waals surface area contributed by atoms with Gasteiger partial charge in [0.2, 0.25) is 17.7 Å². The topological polar surface area (TPSA) is 109 Å². The monoisotopic (exact) mass is 392 g/mol. The molecule has 2 unspecified atom stereocenters. The molecule has 4 N–H and O–H groups in total. The van der Waals surface area contributed by atoms with Crippen LogP contribution < -0.4 is 26.0 Å². The number of carbonyl (C=O) groups excluding carboxylic acids is 3. The van der Waals surface area contributed by atoms with Crippen molar-refractivity contribution in [3.05, 3.63) is 36.9 Å². The van der Waals surface area contributed by atoms with Crippen LogP contribution in [-0.2, 0) is 14.4 Å². The smallest absolute Gasteiger partial charge is 0.234 e. The van der Waals surface area contributed by atoms with Crippen molar-refractivity contribution in [2.24, 2.45) is 0 Å². The van der Waals surface area contributed by atoms with Crippen LogP contribution in [0.3, 0.4) is 0 Å². The number of benzene rings is 1. The van der Waals surface area contributed by atoms with Gasteiger partial charge in [-0.25, -0.2) is 0 Å². The summed E-state index contributed by atoms with van der Waals surface area (Å²) in [6.07, 6.45) is 2.00. The largest absolute Gasteiger partial charge is 0.495 e. The number of para-hydroxylation sites is 2. The van der Waals surface area contributed by atoms with Crippen molar-refractivity contribution in [2.45, 2.75) is 24.4 Å². The van der Waals surface area contributed by atoms with Crippen LogP contribution in [0.2, 0.25) is 0 Å². The molecule has 1 aromatic carbocycles. The van der Waals surface area contributed by atoms with Gasteiger partial charge >= 0.3 is 0 Å². The second-order valence-corrected chi connectivity index (χ2v) is 6.97. The van der Waals surface area contributed by atoms with Gasteiger partial charge in [-0.15, -0.1) is 18.3 Å². The molecule has 0 aliphatic carbocycles. The van der Waals surface area contributed by atoms with Crippen molar-refractivity contribution < 1.29 is 19.1 Å². The van der Waals surface area contributed by atoms with Gasteiger partial charge in [-0.1, -0.05) is 18.2 Å². The Bertz CT molecular complexity index is 698. The van der Waals surface area contributed by atoms with Crippen LogP contribution in [0.4, 0.5) is 5.69 Å². The van der Waals surface area contributed by atoms with E-state index in [0.29, 0.717) is 18.0 Å². The predicted molar refractivity (Wildman–Crippen MR) is 105 cm³/mol. The number of thioether (sulfide) groups is 1. The molecule has 1 fully saturated rings. The summed E-state index contributed by atoms with van der Waals surface area (Å²) in [7, 11) is 1.53. The lowest BCUT2D eigenvalue weighted by molar-refractivity contribution is -0.125. The number of hydrogen-bond donors (Lipinski definition) is 4. The van der Waals surface area contributed by atoms with E-state index in [1.165, 1.54) is 18.9 Å². The summed E-state index contributed by atoms with van der Waals surface area (Å²) in [5.74, 6) is 0.181. The van der Waals surface area contributed by atoms with Crippen LogP contribution >= 0.6 is 11.8 Å². The molecule has 0 aromatic heterocycles. The van der Waals surface area contributed by atoms with Crippen molar-refractivity contribution in [3.8, 4) is 5.75 Å². The molecular formula is C18H24N4O4S. The highest BCUT2D eigenvalue weighted by molar-refractivity contribution is 8.00. The van der Waals surface area contributed by atoms with Gasteiger partial charge in [0.05, 0.1) is 18.6 Å².